The van der Waals surface area contributed by atoms with Crippen molar-refractivity contribution in [1.82, 2.24) is 90.4 Å². The molecule has 2 aliphatic rings. The molecule has 0 spiro atoms. The van der Waals surface area contributed by atoms with Crippen molar-refractivity contribution < 1.29 is 120 Å². The number of carbonyl (C=O) groups is 19. The highest BCUT2D eigenvalue weighted by atomic mass is 16.6. The lowest BCUT2D eigenvalue weighted by molar-refractivity contribution is -0.137. The zero-order valence-corrected chi connectivity index (χ0v) is 88.4. The molecule has 3 aromatic carbocycles. The van der Waals surface area contributed by atoms with Gasteiger partial charge in [0.1, 0.15) is 101 Å². The minimum Gasteiger partial charge on any atom is -0.488 e. The Morgan fingerprint density at radius 2 is 0.918 bits per heavy atom. The van der Waals surface area contributed by atoms with Crippen molar-refractivity contribution in [3.05, 3.63) is 89.5 Å². The van der Waals surface area contributed by atoms with Crippen LogP contribution >= 0.6 is 0 Å². The lowest BCUT2D eigenvalue weighted by Gasteiger charge is -2.29. The lowest BCUT2D eigenvalue weighted by Crippen LogP contribution is -2.61. The third-order valence-electron chi connectivity index (χ3n) is 22.3. The molecule has 21 N–H and O–H groups in total. The van der Waals surface area contributed by atoms with Crippen LogP contribution in [0.25, 0.3) is 11.1 Å². The second-order valence-corrected chi connectivity index (χ2v) is 42.4. The number of carbonyl (C=O) groups excluding carboxylic acids is 19. The first-order valence-electron chi connectivity index (χ1n) is 50.0. The average molecular weight is 2050 g/mol. The van der Waals surface area contributed by atoms with E-state index in [0.717, 1.165) is 22.3 Å². The highest BCUT2D eigenvalue weighted by Gasteiger charge is 2.40. The summed E-state index contributed by atoms with van der Waals surface area (Å²) >= 11 is 0. The van der Waals surface area contributed by atoms with E-state index >= 15 is 33.6 Å². The zero-order valence-electron chi connectivity index (χ0n) is 88.4. The van der Waals surface area contributed by atoms with E-state index in [1.165, 1.54) is 13.8 Å². The number of unbranched alkanes of at least 4 members (excludes halogenated alkanes) is 3. The summed E-state index contributed by atoms with van der Waals surface area (Å²) in [6.07, 6.45) is -6.40. The zero-order chi connectivity index (χ0) is 109. The first-order valence-corrected chi connectivity index (χ1v) is 50.0. The molecule has 1 aliphatic carbocycles. The van der Waals surface area contributed by atoms with E-state index in [4.69, 9.17) is 39.9 Å². The van der Waals surface area contributed by atoms with Crippen LogP contribution in [0.15, 0.2) is 72.8 Å². The number of ether oxygens (including phenoxy) is 6. The predicted molar refractivity (Wildman–Crippen MR) is 541 cm³/mol. The molecule has 0 radical (unpaired) electrons. The Balaban J connectivity index is 1.54. The minimum atomic E-state index is -2.00. The van der Waals surface area contributed by atoms with Crippen molar-refractivity contribution in [1.29, 1.82) is 0 Å². The molecule has 812 valence electrons. The summed E-state index contributed by atoms with van der Waals surface area (Å²) in [7, 11) is 0. The van der Waals surface area contributed by atoms with Gasteiger partial charge in [0.05, 0.1) is 37.6 Å². The van der Waals surface area contributed by atoms with Gasteiger partial charge in [0.2, 0.25) is 88.6 Å². The van der Waals surface area contributed by atoms with Crippen LogP contribution in [0.3, 0.4) is 0 Å². The van der Waals surface area contributed by atoms with Gasteiger partial charge in [-0.05, 0) is 259 Å². The summed E-state index contributed by atoms with van der Waals surface area (Å²) < 4.78 is 33.8. The third-order valence-corrected chi connectivity index (χ3v) is 22.3. The maximum absolute atomic E-state index is 15.4. The Morgan fingerprint density at radius 3 is 1.41 bits per heavy atom. The summed E-state index contributed by atoms with van der Waals surface area (Å²) in [6, 6.07) is 4.40. The number of fused-ring (bicyclic) bond motifs is 3. The number of benzene rings is 3. The van der Waals surface area contributed by atoms with Gasteiger partial charge in [-0.1, -0.05) is 88.4 Å². The van der Waals surface area contributed by atoms with Crippen molar-refractivity contribution >= 4 is 113 Å². The monoisotopic (exact) mass is 2050 g/mol. The molecule has 0 unspecified atom stereocenters. The van der Waals surface area contributed by atoms with E-state index < -0.39 is 251 Å². The molecule has 0 aromatic heterocycles. The molecule has 0 bridgehead atoms. The summed E-state index contributed by atoms with van der Waals surface area (Å²) in [4.78, 5) is 269. The highest BCUT2D eigenvalue weighted by molar-refractivity contribution is 6.01. The fourth-order valence-corrected chi connectivity index (χ4v) is 15.6. The second-order valence-electron chi connectivity index (χ2n) is 42.4. The van der Waals surface area contributed by atoms with Gasteiger partial charge in [-0.25, -0.2) is 19.2 Å². The van der Waals surface area contributed by atoms with Crippen molar-refractivity contribution in [2.75, 3.05) is 45.9 Å². The molecule has 1 fully saturated rings. The van der Waals surface area contributed by atoms with Gasteiger partial charge in [0.25, 0.3) is 0 Å². The van der Waals surface area contributed by atoms with Crippen molar-refractivity contribution in [2.45, 2.75) is 361 Å². The lowest BCUT2D eigenvalue weighted by atomic mass is 9.98. The van der Waals surface area contributed by atoms with Crippen LogP contribution in [0.4, 0.5) is 19.2 Å². The van der Waals surface area contributed by atoms with E-state index in [-0.39, 0.29) is 135 Å². The smallest absolute Gasteiger partial charge is 0.407 e. The maximum atomic E-state index is 15.4. The fraction of sp³-hybridized carbons (Fsp3) is 0.637. The van der Waals surface area contributed by atoms with Gasteiger partial charge < -0.3 is 130 Å². The number of rotatable bonds is 46. The molecule has 1 saturated heterocycles. The number of amides is 19. The van der Waals surface area contributed by atoms with Crippen molar-refractivity contribution in [2.24, 2.45) is 23.3 Å². The minimum absolute atomic E-state index is 0.000684. The summed E-state index contributed by atoms with van der Waals surface area (Å²) in [5.74, 6) is -15.7. The Bertz CT molecular complexity index is 4900. The molecule has 44 nitrogen and oxygen atoms in total. The number of primary amides is 2. The topological polar surface area (TPSA) is 636 Å². The van der Waals surface area contributed by atoms with Gasteiger partial charge in [-0.2, -0.15) is 0 Å². The van der Waals surface area contributed by atoms with Crippen LogP contribution in [0.2, 0.25) is 0 Å². The molecule has 5 rings (SSSR count). The number of hydrogen-bond donors (Lipinski definition) is 19. The first-order chi connectivity index (χ1) is 68.1. The Labute approximate surface area is 855 Å². The number of nitrogens with two attached hydrogens (primary N) is 2. The summed E-state index contributed by atoms with van der Waals surface area (Å²) in [5, 5.41) is 44.3. The SMILES string of the molecule is CC(C)C[C@H](NC(=O)[C@@H]1CC(=O)NCCCC[C@H](NC(=O)[C@H](CCCCNC(=O)OC(C)(C)C)NC(=O)[C@H](C)NC(=O)OCC2c3ccccc3-c3ccccc32)C(=O)N[C@@H](Cc2ccc(OC(C)(C)C)cc2)C(=O)N[C@@H](CC(C)C)C(=O)N[C@@H](CC(N)=O)C(=O)N1)C(=O)N[C@@H](CCCCNC(=O)OC(C)(C)C)C(=O)N[C@@H](CCCCNC(=O)OC(C)(C)C)C(=O)NCC(=O)NCC(=O)N[C@H](C(N)=O)[C@@H](C)OC(C)(C)C. The highest BCUT2D eigenvalue weighted by Crippen LogP contribution is 2.44. The van der Waals surface area contributed by atoms with E-state index in [1.54, 1.807) is 135 Å². The molecule has 12 atom stereocenters. The van der Waals surface area contributed by atoms with Crippen LogP contribution in [0.5, 0.6) is 5.75 Å². The Hall–Kier alpha value is -13.4. The predicted octanol–water partition coefficient (Wildman–Crippen LogP) is 4.85. The Kier molecular flexibility index (Phi) is 49.4. The summed E-state index contributed by atoms with van der Waals surface area (Å²) in [6.45, 7) is 33.7. The fourth-order valence-electron chi connectivity index (χ4n) is 15.6. The molecule has 1 heterocycles. The van der Waals surface area contributed by atoms with Crippen LogP contribution in [0.1, 0.15) is 271 Å². The van der Waals surface area contributed by atoms with Gasteiger partial charge in [0.15, 0.2) is 0 Å². The van der Waals surface area contributed by atoms with Gasteiger partial charge in [-0.15, -0.1) is 0 Å². The number of hydrogen-bond acceptors (Lipinski definition) is 25. The quantitative estimate of drug-likeness (QED) is 0.0265. The standard InChI is InChI=1S/C102H159N19O25/c1-58(2)50-73(89(132)115-71(41-29-33-49-108-96(139)146-102(19,20)21)87(130)113-69(38-27-31-47-106-94(137)144-100(13,14)15)85(128)110-55-80(124)109-56-81(125)121-82(83(104)126)61(6)142-98(7,8)9)117-93(136)77-54-79(123)105-46-30-26-40-72(88(131)118-75(52-62-42-44-63(45-43-62)143-99(10,11)12)91(134)116-74(51-59(3)4)90(133)119-76(53-78(103)122)92(135)120-77)114-86(129)70(39-28-32-48-107-95(138)145-101(16,17)18)112-84(127)60(5)111-97(140)141-57-68-66-36-24-22-34-64(66)65-35-23-25-37-67(65)68/h22-25,34-37,42-45,58-61,68-77,82H,26-33,38-41,46-57H2,1-21H3,(H2,103,122)(H2,104,126)(H,105,123)(H,106,137)(H,107,138)(H,108,139)(H,109,124)(H,110,128)(H,111,140)(H,112,127)(H,113,130)(H,114,129)(H,115,132)(H,116,134)(H,117,136)(H,118,131)(H,119,133)(H,120,135)(H,121,125)/t60-,61+,69-,70-,71-,72-,73-,74-,75-,76-,77-,82-/m0/s1. The maximum Gasteiger partial charge on any atom is 0.407 e. The normalized spacial score (nSPS) is 17.7. The van der Waals surface area contributed by atoms with Gasteiger partial charge in [0, 0.05) is 38.5 Å². The van der Waals surface area contributed by atoms with E-state index in [2.05, 4.69) is 90.4 Å². The van der Waals surface area contributed by atoms with Crippen LogP contribution in [0, 0.1) is 11.8 Å². The number of alkyl carbamates (subject to hydrolysis) is 4. The van der Waals surface area contributed by atoms with E-state index in [0.29, 0.717) is 11.3 Å². The first kappa shape index (κ1) is 123. The van der Waals surface area contributed by atoms with E-state index in [9.17, 15) is 57.5 Å². The largest absolute Gasteiger partial charge is 0.488 e. The molecule has 3 aromatic rings. The van der Waals surface area contributed by atoms with Crippen molar-refractivity contribution in [3.63, 3.8) is 0 Å². The van der Waals surface area contributed by atoms with Crippen LogP contribution in [-0.2, 0) is 102 Å². The Morgan fingerprint density at radius 1 is 0.445 bits per heavy atom. The number of nitrogens with one attached hydrogen (secondary N) is 17. The molecule has 146 heavy (non-hydrogen) atoms. The average Bonchev–Trinajstić information content (AvgIpc) is 1.61. The van der Waals surface area contributed by atoms with E-state index in [1.807, 2.05) is 69.3 Å². The third kappa shape index (κ3) is 47.6. The van der Waals surface area contributed by atoms with Gasteiger partial charge in [-0.3, -0.25) is 71.9 Å². The summed E-state index contributed by atoms with van der Waals surface area (Å²) in [5.41, 5.74) is 11.7. The molecule has 1 aliphatic heterocycles. The van der Waals surface area contributed by atoms with Gasteiger partial charge >= 0.3 is 24.4 Å². The molecule has 0 saturated carbocycles. The van der Waals surface area contributed by atoms with Crippen molar-refractivity contribution in [3.8, 4) is 16.9 Å². The van der Waals surface area contributed by atoms with Crippen LogP contribution in [-0.4, -0.2) is 259 Å². The molecule has 19 amide bonds. The van der Waals surface area contributed by atoms with Crippen LogP contribution < -0.4 is 107 Å². The molecular weight excluding hydrogens is 1890 g/mol. The molecule has 44 heteroatoms. The second kappa shape index (κ2) is 58.6. The molecular formula is C102H159N19O25.